The van der Waals surface area contributed by atoms with E-state index in [-0.39, 0.29) is 35.7 Å². The normalized spacial score (nSPS) is 13.2. The van der Waals surface area contributed by atoms with E-state index < -0.39 is 45.6 Å². The van der Waals surface area contributed by atoms with Crippen LogP contribution in [0.15, 0.2) is 6.07 Å². The number of benzene rings is 1. The lowest BCUT2D eigenvalue weighted by Crippen LogP contribution is -2.50. The Bertz CT molecular complexity index is 1060. The fourth-order valence-corrected chi connectivity index (χ4v) is 3.84. The van der Waals surface area contributed by atoms with Gasteiger partial charge in [-0.15, -0.1) is 0 Å². The highest BCUT2D eigenvalue weighted by atomic mass is 32.2. The highest BCUT2D eigenvalue weighted by Crippen LogP contribution is 2.43. The van der Waals surface area contributed by atoms with Gasteiger partial charge in [0.1, 0.15) is 17.8 Å². The van der Waals surface area contributed by atoms with Gasteiger partial charge in [0.05, 0.1) is 34.7 Å². The Morgan fingerprint density at radius 1 is 1.00 bits per heavy atom. The van der Waals surface area contributed by atoms with Crippen LogP contribution in [0.5, 0.6) is 17.2 Å². The first kappa shape index (κ1) is 31.0. The first-order chi connectivity index (χ1) is 16.6. The first-order valence-electron chi connectivity index (χ1n) is 11.0. The predicted octanol–water partition coefficient (Wildman–Crippen LogP) is 1.39. The van der Waals surface area contributed by atoms with Gasteiger partial charge >= 0.3 is 22.1 Å². The van der Waals surface area contributed by atoms with Crippen molar-refractivity contribution in [2.45, 2.75) is 58.2 Å². The second-order valence-electron chi connectivity index (χ2n) is 8.97. The predicted molar refractivity (Wildman–Crippen MR) is 131 cm³/mol. The van der Waals surface area contributed by atoms with Crippen molar-refractivity contribution < 1.29 is 45.9 Å². The molecule has 0 aromatic heterocycles. The minimum atomic E-state index is -4.07. The van der Waals surface area contributed by atoms with E-state index in [0.29, 0.717) is 5.56 Å². The van der Waals surface area contributed by atoms with Gasteiger partial charge < -0.3 is 28.4 Å². The van der Waals surface area contributed by atoms with E-state index in [2.05, 4.69) is 15.4 Å². The largest absolute Gasteiger partial charge is 0.496 e. The molecule has 1 amide bonds. The summed E-state index contributed by atoms with van der Waals surface area (Å²) in [6.07, 6.45) is 0.631. The molecule has 1 aromatic carbocycles. The molecule has 204 valence electrons. The van der Waals surface area contributed by atoms with E-state index in [0.717, 1.165) is 13.4 Å². The summed E-state index contributed by atoms with van der Waals surface area (Å²) in [4.78, 5) is 37.8. The molecule has 2 N–H and O–H groups in total. The van der Waals surface area contributed by atoms with Crippen LogP contribution in [0.3, 0.4) is 0 Å². The number of amides is 1. The Balaban J connectivity index is 3.83. The van der Waals surface area contributed by atoms with Crippen LogP contribution in [0.25, 0.3) is 0 Å². The SMILES string of the molecule is COC(=O)CC[C@H](N[C@H](C(=O)NC(C)(C)C)c1cc(OC)c(C)c(OC)c1OS(C)(=O)=O)C(=O)OC. The molecule has 0 spiro atoms. The van der Waals surface area contributed by atoms with Gasteiger partial charge in [-0.1, -0.05) is 0 Å². The molecule has 0 aliphatic heterocycles. The van der Waals surface area contributed by atoms with Crippen molar-refractivity contribution in [2.24, 2.45) is 0 Å². The van der Waals surface area contributed by atoms with Crippen LogP contribution in [0, 0.1) is 6.92 Å². The molecule has 0 aliphatic rings. The van der Waals surface area contributed by atoms with E-state index in [4.69, 9.17) is 18.4 Å². The maximum atomic E-state index is 13.5. The summed E-state index contributed by atoms with van der Waals surface area (Å²) in [5.74, 6) is -1.88. The van der Waals surface area contributed by atoms with Gasteiger partial charge in [0, 0.05) is 23.1 Å². The van der Waals surface area contributed by atoms with Gasteiger partial charge in [0.2, 0.25) is 5.91 Å². The second-order valence-corrected chi connectivity index (χ2v) is 10.5. The molecule has 0 saturated carbocycles. The Labute approximate surface area is 212 Å². The molecule has 0 aliphatic carbocycles. The van der Waals surface area contributed by atoms with Gasteiger partial charge in [-0.05, 0) is 40.2 Å². The van der Waals surface area contributed by atoms with Gasteiger partial charge in [-0.25, -0.2) is 0 Å². The number of carbonyl (C=O) groups excluding carboxylic acids is 3. The van der Waals surface area contributed by atoms with Crippen molar-refractivity contribution in [3.05, 3.63) is 17.2 Å². The van der Waals surface area contributed by atoms with Crippen LogP contribution < -0.4 is 24.3 Å². The molecule has 36 heavy (non-hydrogen) atoms. The highest BCUT2D eigenvalue weighted by Gasteiger charge is 2.35. The molecular weight excluding hydrogens is 496 g/mol. The van der Waals surface area contributed by atoms with E-state index in [1.54, 1.807) is 27.7 Å². The number of hydrogen-bond acceptors (Lipinski definition) is 11. The van der Waals surface area contributed by atoms with Crippen molar-refractivity contribution in [1.29, 1.82) is 0 Å². The lowest BCUT2D eigenvalue weighted by molar-refractivity contribution is -0.145. The van der Waals surface area contributed by atoms with Crippen molar-refractivity contribution >= 4 is 28.0 Å². The molecule has 0 saturated heterocycles. The number of ether oxygens (including phenoxy) is 4. The molecule has 12 nitrogen and oxygen atoms in total. The molecule has 0 bridgehead atoms. The minimum absolute atomic E-state index is 0.0217. The highest BCUT2D eigenvalue weighted by molar-refractivity contribution is 7.86. The first-order valence-corrected chi connectivity index (χ1v) is 12.8. The van der Waals surface area contributed by atoms with E-state index >= 15 is 0 Å². The summed E-state index contributed by atoms with van der Waals surface area (Å²) in [7, 11) is 1.01. The molecular formula is C23H36N2O10S. The third-order valence-electron chi connectivity index (χ3n) is 4.91. The van der Waals surface area contributed by atoms with Crippen LogP contribution >= 0.6 is 0 Å². The standard InChI is InChI=1S/C23H36N2O10S/c1-13-16(31-5)12-14(20(19(13)33-7)35-36(9,29)30)18(21(27)25-23(2,3)4)24-15(22(28)34-8)10-11-17(26)32-6/h12,15,18,24H,10-11H2,1-9H3,(H,25,27)/t15-,18-/m0/s1. The smallest absolute Gasteiger partial charge is 0.322 e. The Morgan fingerprint density at radius 2 is 1.61 bits per heavy atom. The van der Waals surface area contributed by atoms with Gasteiger partial charge in [0.25, 0.3) is 0 Å². The zero-order valence-corrected chi connectivity index (χ0v) is 23.0. The van der Waals surface area contributed by atoms with Crippen molar-refractivity contribution in [3.63, 3.8) is 0 Å². The van der Waals surface area contributed by atoms with E-state index in [1.807, 2.05) is 0 Å². The minimum Gasteiger partial charge on any atom is -0.496 e. The average molecular weight is 533 g/mol. The lowest BCUT2D eigenvalue weighted by Gasteiger charge is -2.30. The summed E-state index contributed by atoms with van der Waals surface area (Å²) in [5.41, 5.74) is -0.249. The number of esters is 2. The van der Waals surface area contributed by atoms with E-state index in [9.17, 15) is 22.8 Å². The number of carbonyl (C=O) groups is 3. The number of methoxy groups -OCH3 is 4. The van der Waals surface area contributed by atoms with Crippen molar-refractivity contribution in [2.75, 3.05) is 34.7 Å². The van der Waals surface area contributed by atoms with Crippen LogP contribution in [-0.2, 0) is 34.0 Å². The summed E-state index contributed by atoms with van der Waals surface area (Å²) >= 11 is 0. The fourth-order valence-electron chi connectivity index (χ4n) is 3.36. The molecule has 0 radical (unpaired) electrons. The number of hydrogen-bond donors (Lipinski definition) is 2. The quantitative estimate of drug-likeness (QED) is 0.296. The molecule has 1 aromatic rings. The second kappa shape index (κ2) is 12.8. The molecule has 13 heteroatoms. The lowest BCUT2D eigenvalue weighted by atomic mass is 9.97. The number of rotatable bonds is 12. The van der Waals surface area contributed by atoms with Gasteiger partial charge in [-0.3, -0.25) is 19.7 Å². The molecule has 1 rings (SSSR count). The maximum Gasteiger partial charge on any atom is 0.322 e. The third-order valence-corrected chi connectivity index (χ3v) is 5.38. The van der Waals surface area contributed by atoms with Gasteiger partial charge in [0.15, 0.2) is 11.5 Å². The van der Waals surface area contributed by atoms with Crippen LogP contribution in [0.1, 0.15) is 50.8 Å². The zero-order chi connectivity index (χ0) is 27.8. The molecule has 0 heterocycles. The van der Waals surface area contributed by atoms with Gasteiger partial charge in [-0.2, -0.15) is 8.42 Å². The molecule has 2 atom stereocenters. The summed E-state index contributed by atoms with van der Waals surface area (Å²) in [6.45, 7) is 6.88. The van der Waals surface area contributed by atoms with Crippen LogP contribution in [0.2, 0.25) is 0 Å². The average Bonchev–Trinajstić information content (AvgIpc) is 2.77. The Hall–Kier alpha value is -3.06. The topological polar surface area (TPSA) is 156 Å². The summed E-state index contributed by atoms with van der Waals surface area (Å²) in [5, 5.41) is 5.69. The third kappa shape index (κ3) is 8.86. The molecule has 0 unspecified atom stereocenters. The van der Waals surface area contributed by atoms with Crippen LogP contribution in [-0.4, -0.2) is 72.5 Å². The molecule has 0 fully saturated rings. The Kier molecular flexibility index (Phi) is 11.0. The monoisotopic (exact) mass is 532 g/mol. The van der Waals surface area contributed by atoms with Crippen molar-refractivity contribution in [1.82, 2.24) is 10.6 Å². The maximum absolute atomic E-state index is 13.5. The fraction of sp³-hybridized carbons (Fsp3) is 0.609. The summed E-state index contributed by atoms with van der Waals surface area (Å²) in [6, 6.07) is -1.08. The number of nitrogens with one attached hydrogen (secondary N) is 2. The summed E-state index contributed by atoms with van der Waals surface area (Å²) < 4.78 is 49.9. The van der Waals surface area contributed by atoms with Crippen molar-refractivity contribution in [3.8, 4) is 17.2 Å². The zero-order valence-electron chi connectivity index (χ0n) is 22.1. The Morgan fingerprint density at radius 3 is 2.06 bits per heavy atom. The van der Waals surface area contributed by atoms with Crippen LogP contribution in [0.4, 0.5) is 0 Å². The van der Waals surface area contributed by atoms with E-state index in [1.165, 1.54) is 27.4 Å².